The summed E-state index contributed by atoms with van der Waals surface area (Å²) >= 11 is 1.65. The number of morpholine rings is 1. The number of carbonyl (C=O) groups is 1. The van der Waals surface area contributed by atoms with Crippen LogP contribution in [0, 0.1) is 0 Å². The third-order valence-corrected chi connectivity index (χ3v) is 8.39. The van der Waals surface area contributed by atoms with Gasteiger partial charge in [-0.3, -0.25) is 9.69 Å². The highest BCUT2D eigenvalue weighted by atomic mass is 32.1. The smallest absolute Gasteiger partial charge is 0.272 e. The van der Waals surface area contributed by atoms with Gasteiger partial charge in [-0.15, -0.1) is 11.3 Å². The quantitative estimate of drug-likeness (QED) is 0.271. The number of pyridine rings is 1. The summed E-state index contributed by atoms with van der Waals surface area (Å²) in [5.74, 6) is 0.855. The molecule has 1 aliphatic rings. The van der Waals surface area contributed by atoms with Gasteiger partial charge >= 0.3 is 0 Å². The van der Waals surface area contributed by atoms with E-state index in [0.717, 1.165) is 70.5 Å². The first-order valence-electron chi connectivity index (χ1n) is 13.2. The Morgan fingerprint density at radius 1 is 1.20 bits per heavy atom. The normalized spacial score (nSPS) is 14.3. The zero-order chi connectivity index (χ0) is 27.6. The van der Waals surface area contributed by atoms with Crippen LogP contribution < -0.4 is 15.8 Å². The molecule has 1 aliphatic heterocycles. The highest BCUT2D eigenvalue weighted by Crippen LogP contribution is 2.41. The second kappa shape index (κ2) is 11.1. The second-order valence-corrected chi connectivity index (χ2v) is 10.7. The molecule has 0 radical (unpaired) electrons. The number of anilines is 2. The summed E-state index contributed by atoms with van der Waals surface area (Å²) in [6.45, 7) is 4.33. The zero-order valence-corrected chi connectivity index (χ0v) is 23.3. The van der Waals surface area contributed by atoms with E-state index in [1.165, 1.54) is 0 Å². The van der Waals surface area contributed by atoms with Crippen LogP contribution in [-0.4, -0.2) is 60.3 Å². The Morgan fingerprint density at radius 2 is 2.02 bits per heavy atom. The number of nitrogens with two attached hydrogens (primary N) is 1. The van der Waals surface area contributed by atoms with E-state index in [1.54, 1.807) is 18.4 Å². The van der Waals surface area contributed by atoms with Gasteiger partial charge in [0.05, 0.1) is 26.0 Å². The van der Waals surface area contributed by atoms with Gasteiger partial charge in [-0.25, -0.2) is 4.98 Å². The van der Waals surface area contributed by atoms with E-state index in [4.69, 9.17) is 15.2 Å². The van der Waals surface area contributed by atoms with E-state index < -0.39 is 0 Å². The second-order valence-electron chi connectivity index (χ2n) is 9.78. The first kappa shape index (κ1) is 26.1. The highest BCUT2D eigenvalue weighted by molar-refractivity contribution is 7.18. The van der Waals surface area contributed by atoms with Crippen molar-refractivity contribution in [1.82, 2.24) is 14.5 Å². The molecule has 40 heavy (non-hydrogen) atoms. The number of amides is 1. The number of fused-ring (bicyclic) bond motifs is 2. The average molecular weight is 554 g/mol. The van der Waals surface area contributed by atoms with Crippen LogP contribution in [0.5, 0.6) is 5.75 Å². The summed E-state index contributed by atoms with van der Waals surface area (Å²) in [6.07, 6.45) is 6.13. The molecule has 0 bridgehead atoms. The van der Waals surface area contributed by atoms with Gasteiger partial charge in [0, 0.05) is 65.0 Å². The fourth-order valence-electron chi connectivity index (χ4n) is 5.19. The fraction of sp³-hybridized carbons (Fsp3) is 0.226. The number of hydrogen-bond acceptors (Lipinski definition) is 7. The summed E-state index contributed by atoms with van der Waals surface area (Å²) in [5, 5.41) is 7.06. The molecule has 0 spiro atoms. The summed E-state index contributed by atoms with van der Waals surface area (Å²) < 4.78 is 14.1. The molecule has 3 aromatic heterocycles. The molecule has 1 fully saturated rings. The molecule has 0 atom stereocenters. The molecular formula is C31H31N5O3S. The lowest BCUT2D eigenvalue weighted by Gasteiger charge is -2.25. The van der Waals surface area contributed by atoms with E-state index in [2.05, 4.69) is 32.7 Å². The van der Waals surface area contributed by atoms with Crippen LogP contribution in [0.1, 0.15) is 16.1 Å². The average Bonchev–Trinajstić information content (AvgIpc) is 3.58. The Labute approximate surface area is 236 Å². The first-order chi connectivity index (χ1) is 19.5. The molecule has 2 aromatic carbocycles. The molecule has 4 heterocycles. The number of nitrogens with zero attached hydrogens (tertiary/aromatic N) is 3. The summed E-state index contributed by atoms with van der Waals surface area (Å²) in [5.41, 5.74) is 11.5. The topological polar surface area (TPSA) is 94.6 Å². The van der Waals surface area contributed by atoms with Crippen LogP contribution in [0.4, 0.5) is 11.5 Å². The highest BCUT2D eigenvalue weighted by Gasteiger charge is 2.18. The monoisotopic (exact) mass is 553 g/mol. The van der Waals surface area contributed by atoms with Crippen molar-refractivity contribution in [3.63, 3.8) is 0 Å². The van der Waals surface area contributed by atoms with Crippen molar-refractivity contribution in [2.24, 2.45) is 7.05 Å². The van der Waals surface area contributed by atoms with Crippen molar-refractivity contribution in [3.8, 4) is 16.9 Å². The number of para-hydroxylation sites is 1. The minimum absolute atomic E-state index is 0.201. The Hall–Kier alpha value is -4.18. The van der Waals surface area contributed by atoms with Crippen molar-refractivity contribution in [1.29, 1.82) is 0 Å². The lowest BCUT2D eigenvalue weighted by Crippen LogP contribution is -2.36. The molecule has 0 unspecified atom stereocenters. The van der Waals surface area contributed by atoms with Gasteiger partial charge in [0.2, 0.25) is 0 Å². The largest absolute Gasteiger partial charge is 0.495 e. The molecule has 8 nitrogen and oxygen atoms in total. The predicted octanol–water partition coefficient (Wildman–Crippen LogP) is 5.64. The van der Waals surface area contributed by atoms with Crippen molar-refractivity contribution >= 4 is 55.8 Å². The van der Waals surface area contributed by atoms with E-state index in [0.29, 0.717) is 22.9 Å². The van der Waals surface area contributed by atoms with E-state index in [9.17, 15) is 4.79 Å². The van der Waals surface area contributed by atoms with Gasteiger partial charge in [0.1, 0.15) is 17.3 Å². The van der Waals surface area contributed by atoms with Crippen molar-refractivity contribution in [2.75, 3.05) is 51.0 Å². The van der Waals surface area contributed by atoms with E-state index in [1.807, 2.05) is 66.3 Å². The molecule has 1 saturated heterocycles. The summed E-state index contributed by atoms with van der Waals surface area (Å²) in [4.78, 5) is 20.1. The Bertz CT molecular complexity index is 1730. The lowest BCUT2D eigenvalue weighted by molar-refractivity contribution is 0.0435. The van der Waals surface area contributed by atoms with E-state index >= 15 is 0 Å². The SMILES string of the molecule is COc1cc(-c2csc3c(/C=C/CN4CCOCC4)cnc(N)c23)ccc1NC(=O)c1cc2ccccc2n1C. The summed E-state index contributed by atoms with van der Waals surface area (Å²) in [7, 11) is 3.49. The Balaban J connectivity index is 1.27. The molecule has 5 aromatic rings. The number of thiophene rings is 1. The third kappa shape index (κ3) is 4.95. The molecule has 204 valence electrons. The number of hydrogen-bond donors (Lipinski definition) is 2. The number of ether oxygens (including phenoxy) is 2. The molecular weight excluding hydrogens is 522 g/mol. The Morgan fingerprint density at radius 3 is 2.83 bits per heavy atom. The lowest BCUT2D eigenvalue weighted by atomic mass is 10.0. The molecule has 0 saturated carbocycles. The van der Waals surface area contributed by atoms with Crippen LogP contribution in [-0.2, 0) is 11.8 Å². The zero-order valence-electron chi connectivity index (χ0n) is 22.5. The number of methoxy groups -OCH3 is 1. The van der Waals surface area contributed by atoms with Crippen LogP contribution in [0.2, 0.25) is 0 Å². The number of benzene rings is 2. The number of aryl methyl sites for hydroxylation is 1. The third-order valence-electron chi connectivity index (χ3n) is 7.36. The van der Waals surface area contributed by atoms with E-state index in [-0.39, 0.29) is 5.91 Å². The maximum Gasteiger partial charge on any atom is 0.272 e. The van der Waals surface area contributed by atoms with Gasteiger partial charge in [0.15, 0.2) is 0 Å². The van der Waals surface area contributed by atoms with Gasteiger partial charge in [0.25, 0.3) is 5.91 Å². The van der Waals surface area contributed by atoms with Crippen molar-refractivity contribution in [3.05, 3.63) is 77.4 Å². The minimum atomic E-state index is -0.201. The molecule has 1 amide bonds. The number of aromatic nitrogens is 2. The molecule has 3 N–H and O–H groups in total. The van der Waals surface area contributed by atoms with Crippen molar-refractivity contribution in [2.45, 2.75) is 0 Å². The minimum Gasteiger partial charge on any atom is -0.495 e. The van der Waals surface area contributed by atoms with Gasteiger partial charge in [-0.2, -0.15) is 0 Å². The van der Waals surface area contributed by atoms with Crippen LogP contribution >= 0.6 is 11.3 Å². The molecule has 0 aliphatic carbocycles. The predicted molar refractivity (Wildman–Crippen MR) is 163 cm³/mol. The van der Waals surface area contributed by atoms with Crippen LogP contribution in [0.3, 0.4) is 0 Å². The molecule has 9 heteroatoms. The van der Waals surface area contributed by atoms with Crippen molar-refractivity contribution < 1.29 is 14.3 Å². The number of carbonyl (C=O) groups excluding carboxylic acids is 1. The van der Waals surface area contributed by atoms with Crippen LogP contribution in [0.15, 0.2) is 66.2 Å². The molecule has 6 rings (SSSR count). The first-order valence-corrected chi connectivity index (χ1v) is 14.1. The number of nitrogens with one attached hydrogen (secondary N) is 1. The standard InChI is InChI=1S/C31H31N5O3S/c1-35-25-8-4-3-6-21(25)16-26(35)31(37)34-24-10-9-20(17-27(24)38-2)23-19-40-29-22(18-33-30(32)28(23)29)7-5-11-36-12-14-39-15-13-36/h3-10,16-19H,11-15H2,1-2H3,(H2,32,33)(H,34,37)/b7-5+. The van der Waals surface area contributed by atoms with Gasteiger partial charge in [-0.05, 0) is 35.2 Å². The van der Waals surface area contributed by atoms with Gasteiger partial charge in [-0.1, -0.05) is 36.4 Å². The maximum atomic E-state index is 13.2. The fourth-order valence-corrected chi connectivity index (χ4v) is 6.26. The van der Waals surface area contributed by atoms with Gasteiger partial charge < -0.3 is 25.1 Å². The summed E-state index contributed by atoms with van der Waals surface area (Å²) in [6, 6.07) is 15.6. The Kier molecular flexibility index (Phi) is 7.25. The van der Waals surface area contributed by atoms with Crippen LogP contribution in [0.25, 0.3) is 38.2 Å². The maximum absolute atomic E-state index is 13.2. The number of rotatable bonds is 7. The number of nitrogen functional groups attached to an aromatic ring is 1.